The third-order valence-electron chi connectivity index (χ3n) is 4.41. The van der Waals surface area contributed by atoms with Crippen molar-refractivity contribution in [2.24, 2.45) is 17.6 Å². The Morgan fingerprint density at radius 2 is 1.73 bits per heavy atom. The number of amides is 1. The maximum Gasteiger partial charge on any atom is 0.241 e. The van der Waals surface area contributed by atoms with Gasteiger partial charge in [0.2, 0.25) is 5.91 Å². The van der Waals surface area contributed by atoms with Crippen molar-refractivity contribution in [3.63, 3.8) is 0 Å². The highest BCUT2D eigenvalue weighted by atomic mass is 16.5. The van der Waals surface area contributed by atoms with E-state index >= 15 is 0 Å². The van der Waals surface area contributed by atoms with Crippen molar-refractivity contribution in [2.75, 3.05) is 14.2 Å². The fourth-order valence-electron chi connectivity index (χ4n) is 3.02. The summed E-state index contributed by atoms with van der Waals surface area (Å²) >= 11 is 0. The van der Waals surface area contributed by atoms with Crippen LogP contribution in [0.1, 0.15) is 26.3 Å². The number of allylic oxidation sites excluding steroid dienone is 2. The predicted octanol–water partition coefficient (Wildman–Crippen LogP) is 3.99. The van der Waals surface area contributed by atoms with Crippen LogP contribution in [0.15, 0.2) is 60.2 Å². The zero-order valence-electron chi connectivity index (χ0n) is 16.4. The van der Waals surface area contributed by atoms with E-state index in [-0.39, 0.29) is 24.0 Å². The molecule has 2 N–H and O–H groups in total. The van der Waals surface area contributed by atoms with E-state index in [1.165, 1.54) is 6.08 Å². The van der Waals surface area contributed by atoms with Crippen LogP contribution < -0.4 is 5.73 Å². The summed E-state index contributed by atoms with van der Waals surface area (Å²) in [4.78, 5) is 10.9. The van der Waals surface area contributed by atoms with Gasteiger partial charge in [-0.1, -0.05) is 68.5 Å². The Morgan fingerprint density at radius 3 is 2.27 bits per heavy atom. The predicted molar refractivity (Wildman–Crippen MR) is 107 cm³/mol. The summed E-state index contributed by atoms with van der Waals surface area (Å²) < 4.78 is 11.4. The van der Waals surface area contributed by atoms with E-state index in [1.807, 2.05) is 37.3 Å². The van der Waals surface area contributed by atoms with Crippen LogP contribution in [0.25, 0.3) is 6.08 Å². The van der Waals surface area contributed by atoms with Crippen LogP contribution in [-0.4, -0.2) is 32.3 Å². The summed E-state index contributed by atoms with van der Waals surface area (Å²) in [5, 5.41) is 0. The number of rotatable bonds is 10. The molecule has 0 radical (unpaired) electrons. The molecule has 1 aromatic carbocycles. The van der Waals surface area contributed by atoms with Gasteiger partial charge in [-0.05, 0) is 18.1 Å². The summed E-state index contributed by atoms with van der Waals surface area (Å²) in [7, 11) is 3.43. The van der Waals surface area contributed by atoms with E-state index in [9.17, 15) is 4.79 Å². The molecule has 0 saturated heterocycles. The zero-order chi connectivity index (χ0) is 19.5. The van der Waals surface area contributed by atoms with Gasteiger partial charge in [0.15, 0.2) is 0 Å². The molecule has 0 bridgehead atoms. The summed E-state index contributed by atoms with van der Waals surface area (Å²) in [5.41, 5.74) is 7.13. The van der Waals surface area contributed by atoms with Gasteiger partial charge in [-0.2, -0.15) is 0 Å². The van der Waals surface area contributed by atoms with Crippen LogP contribution in [0.4, 0.5) is 0 Å². The van der Waals surface area contributed by atoms with Gasteiger partial charge < -0.3 is 15.2 Å². The molecule has 1 rings (SSSR count). The highest BCUT2D eigenvalue weighted by molar-refractivity contribution is 5.86. The number of primary amides is 1. The largest absolute Gasteiger partial charge is 0.380 e. The lowest BCUT2D eigenvalue weighted by Gasteiger charge is -2.30. The Labute approximate surface area is 157 Å². The summed E-state index contributed by atoms with van der Waals surface area (Å²) in [5.74, 6) is -0.152. The van der Waals surface area contributed by atoms with Crippen LogP contribution in [-0.2, 0) is 14.3 Å². The van der Waals surface area contributed by atoms with Crippen LogP contribution in [0.3, 0.4) is 0 Å². The SMILES string of the molecule is CO[C@H]([C@H](C)[C@H](/C=C/c1ccccc1)OC)[C@@H](C)/C=C/C(C)=C\C(N)=O. The molecule has 0 aliphatic rings. The molecule has 0 spiro atoms. The number of carbonyl (C=O) groups is 1. The standard InChI is InChI=1S/C22H31NO3/c1-16(15-21(23)24)11-12-17(2)22(26-5)18(3)20(25-4)14-13-19-9-7-6-8-10-19/h6-15,17-18,20,22H,1-5H3,(H2,23,24)/b12-11+,14-13+,16-15-/t17-,18+,20-,22-/m0/s1. The van der Waals surface area contributed by atoms with Gasteiger partial charge in [-0.25, -0.2) is 0 Å². The zero-order valence-corrected chi connectivity index (χ0v) is 16.4. The lowest BCUT2D eigenvalue weighted by molar-refractivity contribution is -0.113. The maximum atomic E-state index is 10.9. The normalized spacial score (nSPS) is 17.3. The summed E-state index contributed by atoms with van der Waals surface area (Å²) in [6.45, 7) is 6.06. The monoisotopic (exact) mass is 357 g/mol. The first kappa shape index (κ1) is 21.9. The van der Waals surface area contributed by atoms with Crippen LogP contribution in [0.5, 0.6) is 0 Å². The second kappa shape index (κ2) is 11.4. The first-order valence-electron chi connectivity index (χ1n) is 8.83. The smallest absolute Gasteiger partial charge is 0.241 e. The van der Waals surface area contributed by atoms with Gasteiger partial charge in [0.05, 0.1) is 12.2 Å². The van der Waals surface area contributed by atoms with Crippen molar-refractivity contribution in [1.29, 1.82) is 0 Å². The molecule has 0 saturated carbocycles. The lowest BCUT2D eigenvalue weighted by atomic mass is 9.88. The third-order valence-corrected chi connectivity index (χ3v) is 4.41. The van der Waals surface area contributed by atoms with Gasteiger partial charge in [-0.3, -0.25) is 4.79 Å². The fourth-order valence-corrected chi connectivity index (χ4v) is 3.02. The molecule has 0 aliphatic heterocycles. The van der Waals surface area contributed by atoms with Gasteiger partial charge >= 0.3 is 0 Å². The molecular formula is C22H31NO3. The van der Waals surface area contributed by atoms with Crippen molar-refractivity contribution in [3.8, 4) is 0 Å². The average Bonchev–Trinajstić information content (AvgIpc) is 2.61. The van der Waals surface area contributed by atoms with E-state index in [0.29, 0.717) is 0 Å². The highest BCUT2D eigenvalue weighted by Crippen LogP contribution is 2.24. The van der Waals surface area contributed by atoms with Crippen molar-refractivity contribution >= 4 is 12.0 Å². The first-order chi connectivity index (χ1) is 12.4. The minimum absolute atomic E-state index is 0.0296. The first-order valence-corrected chi connectivity index (χ1v) is 8.83. The van der Waals surface area contributed by atoms with Crippen molar-refractivity contribution < 1.29 is 14.3 Å². The van der Waals surface area contributed by atoms with Crippen molar-refractivity contribution in [1.82, 2.24) is 0 Å². The molecule has 26 heavy (non-hydrogen) atoms. The van der Waals surface area contributed by atoms with Crippen LogP contribution in [0, 0.1) is 11.8 Å². The van der Waals surface area contributed by atoms with Gasteiger partial charge in [0.25, 0.3) is 0 Å². The number of carbonyl (C=O) groups excluding carboxylic acids is 1. The molecule has 4 heteroatoms. The third kappa shape index (κ3) is 7.38. The molecule has 0 aromatic heterocycles. The topological polar surface area (TPSA) is 61.6 Å². The quantitative estimate of drug-likeness (QED) is 0.509. The number of nitrogens with two attached hydrogens (primary N) is 1. The van der Waals surface area contributed by atoms with E-state index < -0.39 is 5.91 Å². The Hall–Kier alpha value is -2.17. The number of methoxy groups -OCH3 is 2. The lowest BCUT2D eigenvalue weighted by Crippen LogP contribution is -2.35. The number of ether oxygens (including phenoxy) is 2. The molecule has 1 amide bonds. The van der Waals surface area contributed by atoms with Crippen molar-refractivity contribution in [3.05, 3.63) is 65.8 Å². The van der Waals surface area contributed by atoms with E-state index in [4.69, 9.17) is 15.2 Å². The maximum absolute atomic E-state index is 10.9. The second-order valence-corrected chi connectivity index (χ2v) is 6.54. The Kier molecular flexibility index (Phi) is 9.63. The molecule has 0 fully saturated rings. The van der Waals surface area contributed by atoms with Gasteiger partial charge in [-0.15, -0.1) is 0 Å². The van der Waals surface area contributed by atoms with E-state index in [2.05, 4.69) is 38.1 Å². The molecular weight excluding hydrogens is 326 g/mol. The number of hydrogen-bond acceptors (Lipinski definition) is 3. The summed E-state index contributed by atoms with van der Waals surface area (Å²) in [6.07, 6.45) is 9.38. The van der Waals surface area contributed by atoms with Crippen LogP contribution >= 0.6 is 0 Å². The van der Waals surface area contributed by atoms with Gasteiger partial charge in [0.1, 0.15) is 0 Å². The number of benzene rings is 1. The van der Waals surface area contributed by atoms with Gasteiger partial charge in [0, 0.05) is 32.1 Å². The molecule has 0 unspecified atom stereocenters. The number of hydrogen-bond donors (Lipinski definition) is 1. The Bertz CT molecular complexity index is 634. The molecule has 0 heterocycles. The minimum atomic E-state index is -0.443. The Balaban J connectivity index is 2.83. The molecule has 142 valence electrons. The van der Waals surface area contributed by atoms with Crippen molar-refractivity contribution in [2.45, 2.75) is 33.0 Å². The minimum Gasteiger partial charge on any atom is -0.380 e. The molecule has 4 atom stereocenters. The second-order valence-electron chi connectivity index (χ2n) is 6.54. The molecule has 4 nitrogen and oxygen atoms in total. The van der Waals surface area contributed by atoms with E-state index in [0.717, 1.165) is 11.1 Å². The Morgan fingerprint density at radius 1 is 1.08 bits per heavy atom. The highest BCUT2D eigenvalue weighted by Gasteiger charge is 2.27. The molecule has 1 aromatic rings. The van der Waals surface area contributed by atoms with Crippen LogP contribution in [0.2, 0.25) is 0 Å². The van der Waals surface area contributed by atoms with E-state index in [1.54, 1.807) is 14.2 Å². The summed E-state index contributed by atoms with van der Waals surface area (Å²) in [6, 6.07) is 10.1. The fraction of sp³-hybridized carbons (Fsp3) is 0.409. The average molecular weight is 357 g/mol. The molecule has 0 aliphatic carbocycles.